The number of carboxylic acid groups (broad SMARTS) is 1. The van der Waals surface area contributed by atoms with E-state index >= 15 is 0 Å². The van der Waals surface area contributed by atoms with E-state index in [0.717, 1.165) is 12.0 Å². The molecule has 16 heteroatoms. The Balaban J connectivity index is 0.000000761. The molecule has 0 aromatic heterocycles. The van der Waals surface area contributed by atoms with Crippen LogP contribution in [0.3, 0.4) is 0 Å². The summed E-state index contributed by atoms with van der Waals surface area (Å²) in [5, 5.41) is 35.4. The van der Waals surface area contributed by atoms with Crippen molar-refractivity contribution in [2.24, 2.45) is 23.7 Å². The lowest BCUT2D eigenvalue weighted by Gasteiger charge is -2.48. The van der Waals surface area contributed by atoms with Crippen LogP contribution in [0.25, 0.3) is 0 Å². The number of rotatable bonds is 10. The maximum Gasteiger partial charge on any atom is 0.335 e. The van der Waals surface area contributed by atoms with Crippen LogP contribution in [-0.4, -0.2) is 152 Å². The Hall–Kier alpha value is -3.62. The molecule has 0 saturated carbocycles. The molecular formula is C56H81NO15. The monoisotopic (exact) mass is 1010 g/mol. The molecule has 20 atom stereocenters. The number of aromatic carboxylic acids is 1. The summed E-state index contributed by atoms with van der Waals surface area (Å²) in [6.07, 6.45) is 10.7. The smallest absolute Gasteiger partial charge is 0.335 e. The van der Waals surface area contributed by atoms with Crippen molar-refractivity contribution in [2.45, 2.75) is 191 Å². The lowest BCUT2D eigenvalue weighted by atomic mass is 9.71. The Morgan fingerprint density at radius 2 is 1.60 bits per heavy atom. The van der Waals surface area contributed by atoms with Gasteiger partial charge in [-0.3, -0.25) is 4.79 Å². The fourth-order valence-electron chi connectivity index (χ4n) is 11.6. The molecule has 0 amide bonds. The van der Waals surface area contributed by atoms with Gasteiger partial charge in [0.15, 0.2) is 18.4 Å². The molecule has 400 valence electrons. The van der Waals surface area contributed by atoms with Crippen molar-refractivity contribution >= 4 is 11.9 Å². The Bertz CT molecular complexity index is 2140. The SMILES string of the molecule is CC[C@H](C)[C@H]1O[C@]2(C=C[C@@H]1C)C[C@@H]1C[C@@H](CC=C(C)[C@@H](O[C@H]3C[C@H](OC)[C@@H](O[C@H]4C[C@H](OC)[C@H](NC)[C@H](C)O4)[C@H](C)O3)[C@@H](C)C=CC=C3CO[C@@H]4[C@H](O)C(C)=C[C@@H](C(=O)O1)[C@]34O)O2.O=C(O)c1ccccc1. The van der Waals surface area contributed by atoms with Crippen LogP contribution in [0.15, 0.2) is 89.6 Å². The molecule has 1 aromatic rings. The van der Waals surface area contributed by atoms with Crippen LogP contribution in [0.2, 0.25) is 0 Å². The van der Waals surface area contributed by atoms with Gasteiger partial charge >= 0.3 is 11.9 Å². The van der Waals surface area contributed by atoms with Gasteiger partial charge < -0.3 is 68.0 Å². The molecule has 1 spiro atoms. The number of ether oxygens (including phenoxy) is 10. The Kier molecular flexibility index (Phi) is 19.0. The van der Waals surface area contributed by atoms with E-state index in [9.17, 15) is 19.8 Å². The predicted molar refractivity (Wildman–Crippen MR) is 268 cm³/mol. The van der Waals surface area contributed by atoms with E-state index in [1.54, 1.807) is 63.6 Å². The average Bonchev–Trinajstić information content (AvgIpc) is 3.70. The van der Waals surface area contributed by atoms with Gasteiger partial charge in [-0.05, 0) is 82.0 Å². The molecule has 4 N–H and O–H groups in total. The van der Waals surface area contributed by atoms with E-state index in [-0.39, 0.29) is 67.0 Å². The summed E-state index contributed by atoms with van der Waals surface area (Å²) >= 11 is 0. The zero-order valence-electron chi connectivity index (χ0n) is 44.0. The summed E-state index contributed by atoms with van der Waals surface area (Å²) in [5.41, 5.74) is 0.511. The molecule has 2 bridgehead atoms. The fourth-order valence-corrected chi connectivity index (χ4v) is 11.6. The molecule has 0 radical (unpaired) electrons. The number of methoxy groups -OCH3 is 2. The lowest BCUT2D eigenvalue weighted by Crippen LogP contribution is -2.58. The highest BCUT2D eigenvalue weighted by Gasteiger charge is 2.60. The third-order valence-corrected chi connectivity index (χ3v) is 15.9. The summed E-state index contributed by atoms with van der Waals surface area (Å²) in [6, 6.07) is 8.34. The zero-order valence-corrected chi connectivity index (χ0v) is 44.0. The molecule has 6 heterocycles. The van der Waals surface area contributed by atoms with E-state index in [4.69, 9.17) is 52.5 Å². The van der Waals surface area contributed by atoms with E-state index in [2.05, 4.69) is 52.1 Å². The minimum atomic E-state index is -1.83. The topological polar surface area (TPSA) is 199 Å². The van der Waals surface area contributed by atoms with Gasteiger partial charge in [-0.15, -0.1) is 0 Å². The number of hydrogen-bond donors (Lipinski definition) is 4. The van der Waals surface area contributed by atoms with Crippen molar-refractivity contribution < 1.29 is 72.3 Å². The summed E-state index contributed by atoms with van der Waals surface area (Å²) in [7, 11) is 5.30. The summed E-state index contributed by atoms with van der Waals surface area (Å²) in [4.78, 5) is 24.6. The number of likely N-dealkylation sites (N-methyl/N-ethyl adjacent to an activating group) is 1. The molecule has 1 aromatic carbocycles. The van der Waals surface area contributed by atoms with E-state index in [0.29, 0.717) is 48.8 Å². The van der Waals surface area contributed by atoms with Crippen molar-refractivity contribution in [3.8, 4) is 0 Å². The third kappa shape index (κ3) is 12.4. The highest BCUT2D eigenvalue weighted by molar-refractivity contribution is 5.87. The number of esters is 1. The Morgan fingerprint density at radius 3 is 2.26 bits per heavy atom. The number of aliphatic hydroxyl groups is 2. The number of fused-ring (bicyclic) bond motifs is 2. The Labute approximate surface area is 426 Å². The van der Waals surface area contributed by atoms with E-state index < -0.39 is 72.3 Å². The highest BCUT2D eigenvalue weighted by atomic mass is 16.7. The van der Waals surface area contributed by atoms with Crippen LogP contribution in [0.5, 0.6) is 0 Å². The van der Waals surface area contributed by atoms with Gasteiger partial charge in [-0.1, -0.05) is 88.8 Å². The van der Waals surface area contributed by atoms with Gasteiger partial charge in [0.05, 0.1) is 60.9 Å². The molecule has 4 fully saturated rings. The maximum atomic E-state index is 14.4. The average molecular weight is 1010 g/mol. The molecule has 8 rings (SSSR count). The van der Waals surface area contributed by atoms with Gasteiger partial charge in [0.25, 0.3) is 0 Å². The first-order valence-corrected chi connectivity index (χ1v) is 26.0. The van der Waals surface area contributed by atoms with Crippen LogP contribution in [0.1, 0.15) is 104 Å². The molecular weight excluding hydrogens is 927 g/mol. The van der Waals surface area contributed by atoms with Crippen LogP contribution >= 0.6 is 0 Å². The number of nitrogens with one attached hydrogen (secondary N) is 1. The number of carbonyl (C=O) groups excluding carboxylic acids is 1. The standard InChI is InChI=1S/C49H75NO13.C7H6O2/c1-12-26(2)44-29(5)18-19-48(63-44)24-35-21-34(62-48)17-16-28(4)43(27(3)14-13-15-33-25-56-46-42(51)30(6)20-36(47(52)59-35)49(33,46)53)60-40-23-38(55-11)45(32(8)58-40)61-39-22-37(54-10)41(50-9)31(7)57-39;8-7(9)6-4-2-1-3-5-6/h13-16,18-20,26-27,29,31-32,34-46,50-51,53H,12,17,21-25H2,1-11H3;1-5H,(H,8,9)/t26-,27-,29-,31-,32-,34+,35-,36-,37-,38-,39-,40-,41+,42+,43-,44+,45-,46+,48+,49+;/m0./s1. The summed E-state index contributed by atoms with van der Waals surface area (Å²) in [6.45, 7) is 16.4. The van der Waals surface area contributed by atoms with Crippen molar-refractivity contribution in [1.29, 1.82) is 0 Å². The molecule has 7 aliphatic rings. The quantitative estimate of drug-likeness (QED) is 0.138. The van der Waals surface area contributed by atoms with Crippen molar-refractivity contribution in [2.75, 3.05) is 27.9 Å². The largest absolute Gasteiger partial charge is 0.478 e. The summed E-state index contributed by atoms with van der Waals surface area (Å²) < 4.78 is 64.6. The number of allylic oxidation sites excluding steroid dienone is 2. The summed E-state index contributed by atoms with van der Waals surface area (Å²) in [5.74, 6) is -3.39. The lowest BCUT2D eigenvalue weighted by molar-refractivity contribution is -0.312. The minimum absolute atomic E-state index is 0.0411. The fraction of sp³-hybridized carbons (Fsp3) is 0.679. The maximum absolute atomic E-state index is 14.4. The number of benzene rings is 1. The van der Waals surface area contributed by atoms with Gasteiger partial charge in [0.1, 0.15) is 35.9 Å². The van der Waals surface area contributed by atoms with Crippen molar-refractivity contribution in [3.63, 3.8) is 0 Å². The molecule has 6 aliphatic heterocycles. The minimum Gasteiger partial charge on any atom is -0.478 e. The normalized spacial score (nSPS) is 41.7. The molecule has 16 nitrogen and oxygen atoms in total. The van der Waals surface area contributed by atoms with E-state index in [1.165, 1.54) is 0 Å². The van der Waals surface area contributed by atoms with Gasteiger partial charge in [-0.25, -0.2) is 4.79 Å². The number of carbonyl (C=O) groups is 2. The first-order valence-electron chi connectivity index (χ1n) is 26.0. The number of aliphatic hydroxyl groups excluding tert-OH is 1. The molecule has 1 aliphatic carbocycles. The van der Waals surface area contributed by atoms with Gasteiger partial charge in [-0.2, -0.15) is 0 Å². The number of carboxylic acids is 1. The second kappa shape index (κ2) is 24.4. The van der Waals surface area contributed by atoms with Crippen LogP contribution < -0.4 is 5.32 Å². The first-order chi connectivity index (χ1) is 34.3. The Morgan fingerprint density at radius 1 is 0.903 bits per heavy atom. The van der Waals surface area contributed by atoms with Gasteiger partial charge in [0.2, 0.25) is 0 Å². The molecule has 0 unspecified atom stereocenters. The predicted octanol–water partition coefficient (Wildman–Crippen LogP) is 6.99. The van der Waals surface area contributed by atoms with E-state index in [1.807, 2.05) is 39.1 Å². The molecule has 4 saturated heterocycles. The second-order valence-corrected chi connectivity index (χ2v) is 21.0. The van der Waals surface area contributed by atoms with Crippen LogP contribution in [0.4, 0.5) is 0 Å². The van der Waals surface area contributed by atoms with Gasteiger partial charge in [0, 0.05) is 51.7 Å². The van der Waals surface area contributed by atoms with Crippen molar-refractivity contribution in [1.82, 2.24) is 5.32 Å². The highest BCUT2D eigenvalue weighted by Crippen LogP contribution is 2.47. The molecule has 72 heavy (non-hydrogen) atoms. The second-order valence-electron chi connectivity index (χ2n) is 21.0. The zero-order chi connectivity index (χ0) is 52.1. The number of hydrogen-bond acceptors (Lipinski definition) is 15. The van der Waals surface area contributed by atoms with Crippen LogP contribution in [-0.2, 0) is 52.2 Å². The third-order valence-electron chi connectivity index (χ3n) is 15.9. The first kappa shape index (κ1) is 56.1. The van der Waals surface area contributed by atoms with Crippen LogP contribution in [0, 0.1) is 23.7 Å². The van der Waals surface area contributed by atoms with Crippen molar-refractivity contribution in [3.05, 3.63) is 95.1 Å².